The van der Waals surface area contributed by atoms with Crippen LogP contribution in [-0.2, 0) is 14.3 Å². The van der Waals surface area contributed by atoms with Crippen LogP contribution in [0.4, 0.5) is 8.78 Å². The Kier molecular flexibility index (Phi) is 4.87. The third-order valence-corrected chi connectivity index (χ3v) is 6.76. The molecule has 1 aromatic rings. The van der Waals surface area contributed by atoms with Crippen molar-refractivity contribution >= 4 is 11.9 Å². The minimum Gasteiger partial charge on any atom is -0.479 e. The molecule has 0 N–H and O–H groups in total. The first kappa shape index (κ1) is 19.9. The molecular weight excluding hydrogens is 382 g/mol. The highest BCUT2D eigenvalue weighted by molar-refractivity contribution is 5.88. The second-order valence-corrected chi connectivity index (χ2v) is 8.70. The minimum absolute atomic E-state index is 0.0515. The molecule has 0 heterocycles. The molecule has 0 spiro atoms. The van der Waals surface area contributed by atoms with E-state index in [1.165, 1.54) is 13.3 Å². The topological polar surface area (TPSA) is 61.8 Å². The van der Waals surface area contributed by atoms with Crippen LogP contribution in [0.2, 0.25) is 0 Å². The Morgan fingerprint density at radius 1 is 1.14 bits per heavy atom. The van der Waals surface area contributed by atoms with Crippen molar-refractivity contribution < 1.29 is 32.6 Å². The molecule has 5 nitrogen and oxygen atoms in total. The highest BCUT2D eigenvalue weighted by Crippen LogP contribution is 2.63. The second-order valence-electron chi connectivity index (χ2n) is 8.70. The van der Waals surface area contributed by atoms with Crippen LogP contribution in [0, 0.1) is 35.3 Å². The quantitative estimate of drug-likeness (QED) is 0.403. The maximum Gasteiger partial charge on any atom is 0.344 e. The molecule has 0 amide bonds. The summed E-state index contributed by atoms with van der Waals surface area (Å²) in [5.74, 6) is -2.30. The number of carbonyl (C=O) groups excluding carboxylic acids is 2. The van der Waals surface area contributed by atoms with Gasteiger partial charge in [-0.25, -0.2) is 18.4 Å². The summed E-state index contributed by atoms with van der Waals surface area (Å²) in [6.45, 7) is 6.24. The zero-order chi connectivity index (χ0) is 20.9. The van der Waals surface area contributed by atoms with Crippen molar-refractivity contribution in [3.8, 4) is 11.5 Å². The van der Waals surface area contributed by atoms with Crippen LogP contribution in [0.1, 0.15) is 39.5 Å². The first-order chi connectivity index (χ1) is 13.7. The molecule has 4 bridgehead atoms. The summed E-state index contributed by atoms with van der Waals surface area (Å²) in [4.78, 5) is 23.8. The molecule has 5 unspecified atom stereocenters. The Balaban J connectivity index is 1.38. The molecule has 0 aliphatic heterocycles. The van der Waals surface area contributed by atoms with Crippen molar-refractivity contribution in [2.24, 2.45) is 23.7 Å². The third-order valence-electron chi connectivity index (χ3n) is 6.76. The lowest BCUT2D eigenvalue weighted by Crippen LogP contribution is -2.45. The van der Waals surface area contributed by atoms with Crippen LogP contribution >= 0.6 is 0 Å². The molecule has 5 rings (SSSR count). The van der Waals surface area contributed by atoms with Crippen LogP contribution in [-0.4, -0.2) is 24.1 Å². The van der Waals surface area contributed by atoms with Gasteiger partial charge in [-0.15, -0.1) is 0 Å². The molecule has 4 fully saturated rings. The molecule has 5 atom stereocenters. The Morgan fingerprint density at radius 2 is 1.83 bits per heavy atom. The summed E-state index contributed by atoms with van der Waals surface area (Å²) in [5.41, 5.74) is -0.446. The van der Waals surface area contributed by atoms with E-state index in [9.17, 15) is 18.4 Å². The molecule has 7 heteroatoms. The molecule has 156 valence electrons. The standard InChI is InChI=1S/C22H24F2O5/c1-11(2)21(26)28-19-9-16(23)18(8-17(19)24)27-10-20(25)29-22(3)14-5-12-4-13(7-14)15(22)6-12/h8-9,12-15H,1,4-7,10H2,2-3H3. The van der Waals surface area contributed by atoms with Gasteiger partial charge in [0.15, 0.2) is 29.7 Å². The summed E-state index contributed by atoms with van der Waals surface area (Å²) >= 11 is 0. The molecule has 4 saturated carbocycles. The Hall–Kier alpha value is -2.44. The predicted octanol–water partition coefficient (Wildman–Crippen LogP) is 4.19. The van der Waals surface area contributed by atoms with Crippen molar-refractivity contribution in [2.45, 2.75) is 45.1 Å². The highest BCUT2D eigenvalue weighted by Gasteiger charge is 2.62. The SMILES string of the molecule is C=C(C)C(=O)Oc1cc(F)c(OCC(=O)OC2(C)C3CC4CC(C3)C2C4)cc1F. The number of rotatable bonds is 6. The van der Waals surface area contributed by atoms with Crippen molar-refractivity contribution in [3.63, 3.8) is 0 Å². The smallest absolute Gasteiger partial charge is 0.344 e. The fraction of sp³-hybridized carbons (Fsp3) is 0.545. The van der Waals surface area contributed by atoms with Gasteiger partial charge in [-0.1, -0.05) is 6.58 Å². The van der Waals surface area contributed by atoms with E-state index in [-0.39, 0.29) is 5.57 Å². The highest BCUT2D eigenvalue weighted by atomic mass is 19.1. The van der Waals surface area contributed by atoms with E-state index >= 15 is 0 Å². The fourth-order valence-corrected chi connectivity index (χ4v) is 5.49. The number of carbonyl (C=O) groups is 2. The van der Waals surface area contributed by atoms with E-state index in [0.29, 0.717) is 23.8 Å². The van der Waals surface area contributed by atoms with Gasteiger partial charge in [0, 0.05) is 23.6 Å². The van der Waals surface area contributed by atoms with Gasteiger partial charge in [-0.3, -0.25) is 0 Å². The fourth-order valence-electron chi connectivity index (χ4n) is 5.49. The van der Waals surface area contributed by atoms with Crippen LogP contribution in [0.5, 0.6) is 11.5 Å². The number of halogens is 2. The molecule has 29 heavy (non-hydrogen) atoms. The first-order valence-corrected chi connectivity index (χ1v) is 9.88. The van der Waals surface area contributed by atoms with Crippen LogP contribution in [0.25, 0.3) is 0 Å². The van der Waals surface area contributed by atoms with E-state index in [1.54, 1.807) is 0 Å². The number of esters is 2. The second kappa shape index (κ2) is 7.11. The number of hydrogen-bond donors (Lipinski definition) is 0. The average molecular weight is 406 g/mol. The Morgan fingerprint density at radius 3 is 2.52 bits per heavy atom. The van der Waals surface area contributed by atoms with Crippen molar-refractivity contribution in [2.75, 3.05) is 6.61 Å². The van der Waals surface area contributed by atoms with Gasteiger partial charge in [0.25, 0.3) is 0 Å². The van der Waals surface area contributed by atoms with Gasteiger partial charge in [-0.2, -0.15) is 0 Å². The lowest BCUT2D eigenvalue weighted by molar-refractivity contribution is -0.173. The summed E-state index contributed by atoms with van der Waals surface area (Å²) in [6, 6.07) is 1.44. The van der Waals surface area contributed by atoms with Gasteiger partial charge in [0.1, 0.15) is 5.60 Å². The van der Waals surface area contributed by atoms with Gasteiger partial charge in [0.05, 0.1) is 0 Å². The zero-order valence-electron chi connectivity index (χ0n) is 16.5. The van der Waals surface area contributed by atoms with Gasteiger partial charge in [0.2, 0.25) is 0 Å². The lowest BCUT2D eigenvalue weighted by Gasteiger charge is -2.41. The third kappa shape index (κ3) is 3.51. The monoisotopic (exact) mass is 406 g/mol. The molecule has 0 aromatic heterocycles. The van der Waals surface area contributed by atoms with Crippen LogP contribution in [0.15, 0.2) is 24.3 Å². The molecule has 4 aliphatic rings. The Labute approximate surface area is 168 Å². The Bertz CT molecular complexity index is 878. The molecular formula is C22H24F2O5. The average Bonchev–Trinajstić information content (AvgIpc) is 3.04. The molecule has 1 aromatic carbocycles. The van der Waals surface area contributed by atoms with E-state index in [1.807, 2.05) is 6.92 Å². The normalized spacial score (nSPS) is 31.6. The van der Waals surface area contributed by atoms with E-state index in [2.05, 4.69) is 6.58 Å². The van der Waals surface area contributed by atoms with E-state index in [0.717, 1.165) is 31.2 Å². The molecule has 0 radical (unpaired) electrons. The van der Waals surface area contributed by atoms with E-state index < -0.39 is 47.3 Å². The van der Waals surface area contributed by atoms with E-state index in [4.69, 9.17) is 14.2 Å². The first-order valence-electron chi connectivity index (χ1n) is 9.88. The van der Waals surface area contributed by atoms with Crippen molar-refractivity contribution in [1.82, 2.24) is 0 Å². The lowest BCUT2D eigenvalue weighted by atomic mass is 9.73. The summed E-state index contributed by atoms with van der Waals surface area (Å²) in [7, 11) is 0. The zero-order valence-corrected chi connectivity index (χ0v) is 16.5. The maximum absolute atomic E-state index is 14.2. The minimum atomic E-state index is -0.985. The number of hydrogen-bond acceptors (Lipinski definition) is 5. The van der Waals surface area contributed by atoms with Gasteiger partial charge >= 0.3 is 11.9 Å². The van der Waals surface area contributed by atoms with Crippen LogP contribution in [0.3, 0.4) is 0 Å². The van der Waals surface area contributed by atoms with Crippen molar-refractivity contribution in [3.05, 3.63) is 35.9 Å². The molecule has 0 saturated heterocycles. The van der Waals surface area contributed by atoms with Crippen molar-refractivity contribution in [1.29, 1.82) is 0 Å². The molecule has 4 aliphatic carbocycles. The number of ether oxygens (including phenoxy) is 3. The summed E-state index contributed by atoms with van der Waals surface area (Å²) in [5, 5.41) is 0. The van der Waals surface area contributed by atoms with Gasteiger partial charge < -0.3 is 14.2 Å². The number of benzene rings is 1. The largest absolute Gasteiger partial charge is 0.479 e. The van der Waals surface area contributed by atoms with Gasteiger partial charge in [-0.05, 0) is 57.3 Å². The van der Waals surface area contributed by atoms with Crippen LogP contribution < -0.4 is 9.47 Å². The summed E-state index contributed by atoms with van der Waals surface area (Å²) < 4.78 is 44.0. The summed E-state index contributed by atoms with van der Waals surface area (Å²) in [6.07, 6.45) is 4.49. The predicted molar refractivity (Wildman–Crippen MR) is 99.2 cm³/mol. The maximum atomic E-state index is 14.2.